The van der Waals surface area contributed by atoms with Crippen molar-refractivity contribution in [3.63, 3.8) is 0 Å². The van der Waals surface area contributed by atoms with Crippen LogP contribution in [0.25, 0.3) is 87.3 Å². The van der Waals surface area contributed by atoms with E-state index in [1.807, 2.05) is 24.3 Å². The molecule has 1 unspecified atom stereocenters. The van der Waals surface area contributed by atoms with Gasteiger partial charge in [0.1, 0.15) is 22.3 Å². The minimum atomic E-state index is -0.872. The van der Waals surface area contributed by atoms with Gasteiger partial charge in [0.2, 0.25) is 0 Å². The van der Waals surface area contributed by atoms with Crippen LogP contribution in [-0.2, 0) is 5.41 Å². The lowest BCUT2D eigenvalue weighted by atomic mass is 9.66. The molecule has 0 fully saturated rings. The minimum Gasteiger partial charge on any atom is -0.456 e. The second-order valence-corrected chi connectivity index (χ2v) is 20.3. The maximum atomic E-state index is 6.61. The minimum absolute atomic E-state index is 0.840. The van der Waals surface area contributed by atoms with E-state index < -0.39 is 5.41 Å². The van der Waals surface area contributed by atoms with E-state index in [9.17, 15) is 0 Å². The van der Waals surface area contributed by atoms with E-state index in [1.54, 1.807) is 0 Å². The third kappa shape index (κ3) is 6.79. The van der Waals surface area contributed by atoms with Crippen molar-refractivity contribution in [3.8, 4) is 11.1 Å². The number of anilines is 6. The molecule has 0 saturated carbocycles. The first kappa shape index (κ1) is 45.3. The third-order valence-electron chi connectivity index (χ3n) is 16.1. The zero-order valence-electron chi connectivity index (χ0n) is 42.9. The quantitative estimate of drug-likeness (QED) is 0.101. The highest BCUT2D eigenvalue weighted by Crippen LogP contribution is 2.63. The molecule has 0 radical (unpaired) electrons. The summed E-state index contributed by atoms with van der Waals surface area (Å²) in [6.07, 6.45) is 8.55. The molecule has 4 heteroatoms. The fourth-order valence-corrected chi connectivity index (χ4v) is 12.9. The molecule has 78 heavy (non-hydrogen) atoms. The molecule has 0 saturated heterocycles. The fourth-order valence-electron chi connectivity index (χ4n) is 12.9. The Morgan fingerprint density at radius 2 is 0.833 bits per heavy atom. The zero-order chi connectivity index (χ0) is 51.9. The molecular weight excluding hydrogens is 949 g/mol. The van der Waals surface area contributed by atoms with Gasteiger partial charge in [0.25, 0.3) is 0 Å². The summed E-state index contributed by atoms with van der Waals surface area (Å²) in [6, 6.07) is 89.9. The molecule has 2 aromatic heterocycles. The highest BCUT2D eigenvalue weighted by Gasteiger charge is 2.49. The Bertz CT molecular complexity index is 4780. The molecule has 0 amide bonds. The highest BCUT2D eigenvalue weighted by molar-refractivity contribution is 6.24. The average Bonchev–Trinajstić information content (AvgIpc) is 3.11. The Kier molecular flexibility index (Phi) is 10.4. The maximum Gasteiger partial charge on any atom is 0.137 e. The monoisotopic (exact) mass is 998 g/mol. The van der Waals surface area contributed by atoms with E-state index in [0.29, 0.717) is 0 Å². The van der Waals surface area contributed by atoms with Crippen molar-refractivity contribution >= 4 is 110 Å². The normalized spacial score (nSPS) is 14.2. The van der Waals surface area contributed by atoms with E-state index in [0.717, 1.165) is 111 Å². The molecule has 0 bridgehead atoms. The van der Waals surface area contributed by atoms with Gasteiger partial charge in [0.05, 0.1) is 11.1 Å². The number of para-hydroxylation sites is 4. The largest absolute Gasteiger partial charge is 0.456 e. The van der Waals surface area contributed by atoms with Crippen molar-refractivity contribution in [1.82, 2.24) is 0 Å². The van der Waals surface area contributed by atoms with Gasteiger partial charge in [-0.15, -0.1) is 0 Å². The molecule has 1 aliphatic carbocycles. The van der Waals surface area contributed by atoms with Gasteiger partial charge in [0.15, 0.2) is 0 Å². The summed E-state index contributed by atoms with van der Waals surface area (Å²) in [6.45, 7) is 7.23. The van der Waals surface area contributed by atoms with Crippen LogP contribution in [0.3, 0.4) is 0 Å². The average molecular weight is 999 g/mol. The van der Waals surface area contributed by atoms with Crippen LogP contribution in [0.5, 0.6) is 0 Å². The van der Waals surface area contributed by atoms with Crippen molar-refractivity contribution in [2.75, 3.05) is 9.80 Å². The van der Waals surface area contributed by atoms with Gasteiger partial charge in [0, 0.05) is 67.5 Å². The SMILES string of the molecule is C=C(/C=C\C=C/C)C1(c2ccccc2)c2cc(N(c3ccccc3)c3ccc4c(c3)oc3ccccc34)c3ccccc3c2-c2c1c1ccc(N(c3ccccc3)c3ccc4c(c3)oc3ccccc34)cc1c1ccccc21. The van der Waals surface area contributed by atoms with E-state index in [-0.39, 0.29) is 0 Å². The first-order chi connectivity index (χ1) is 38.6. The van der Waals surface area contributed by atoms with Crippen molar-refractivity contribution in [3.05, 3.63) is 302 Å². The van der Waals surface area contributed by atoms with Crippen LogP contribution in [0, 0.1) is 0 Å². The number of hydrogen-bond donors (Lipinski definition) is 0. The van der Waals surface area contributed by atoms with Crippen molar-refractivity contribution in [2.24, 2.45) is 0 Å². The van der Waals surface area contributed by atoms with Crippen LogP contribution in [0.15, 0.2) is 294 Å². The van der Waals surface area contributed by atoms with Gasteiger partial charge >= 0.3 is 0 Å². The van der Waals surface area contributed by atoms with Crippen molar-refractivity contribution in [1.29, 1.82) is 0 Å². The Labute approximate surface area is 451 Å². The van der Waals surface area contributed by atoms with Crippen LogP contribution < -0.4 is 9.80 Å². The van der Waals surface area contributed by atoms with Crippen LogP contribution in [0.2, 0.25) is 0 Å². The van der Waals surface area contributed by atoms with Gasteiger partial charge < -0.3 is 18.6 Å². The summed E-state index contributed by atoms with van der Waals surface area (Å²) < 4.78 is 13.1. The number of furan rings is 2. The number of nitrogens with zero attached hydrogens (tertiary/aromatic N) is 2. The van der Waals surface area contributed by atoms with Crippen molar-refractivity contribution < 1.29 is 8.83 Å². The standard InChI is InChI=1S/C74H50N2O2/c1-3-4-8-23-48(2)74(49-24-9-5-10-25-49)65-47-66(76(51-28-13-7-14-29-51)54-39-42-60-58-33-20-22-37-68(58)78-70(60)46-54)56-31-16-18-35-62(56)71(65)72-61-34-17-15-30-55(61)64-44-52(40-43-63(64)73(72)74)75(50-26-11-6-12-27-50)53-38-41-59-57-32-19-21-36-67(57)77-69(59)45-53/h3-47H,2H2,1H3/b4-3-,23-8-. The Balaban J connectivity index is 1.04. The Hall–Kier alpha value is -10.2. The zero-order valence-corrected chi connectivity index (χ0v) is 42.9. The molecule has 0 aliphatic heterocycles. The summed E-state index contributed by atoms with van der Waals surface area (Å²) in [5.74, 6) is 0. The molecule has 1 aliphatic rings. The summed E-state index contributed by atoms with van der Waals surface area (Å²) >= 11 is 0. The van der Waals surface area contributed by atoms with E-state index >= 15 is 0 Å². The van der Waals surface area contributed by atoms with E-state index in [1.165, 1.54) is 33.0 Å². The van der Waals surface area contributed by atoms with Crippen LogP contribution in [0.4, 0.5) is 34.1 Å². The highest BCUT2D eigenvalue weighted by atomic mass is 16.3. The lowest BCUT2D eigenvalue weighted by Gasteiger charge is -2.36. The molecular formula is C74H50N2O2. The van der Waals surface area contributed by atoms with Gasteiger partial charge in [-0.05, 0) is 146 Å². The van der Waals surface area contributed by atoms with Crippen LogP contribution >= 0.6 is 0 Å². The second-order valence-electron chi connectivity index (χ2n) is 20.3. The molecule has 0 spiro atoms. The van der Waals surface area contributed by atoms with E-state index in [2.05, 4.69) is 265 Å². The maximum absolute atomic E-state index is 6.61. The topological polar surface area (TPSA) is 32.8 Å². The number of fused-ring (bicyclic) bond motifs is 16. The predicted molar refractivity (Wildman–Crippen MR) is 328 cm³/mol. The number of allylic oxidation sites excluding steroid dienone is 5. The van der Waals surface area contributed by atoms with Gasteiger partial charge in [-0.2, -0.15) is 0 Å². The number of rotatable bonds is 10. The molecule has 15 rings (SSSR count). The molecule has 14 aromatic rings. The first-order valence-electron chi connectivity index (χ1n) is 26.7. The summed E-state index contributed by atoms with van der Waals surface area (Å²) in [4.78, 5) is 4.77. The molecule has 12 aromatic carbocycles. The lowest BCUT2D eigenvalue weighted by molar-refractivity contribution is 0.668. The fraction of sp³-hybridized carbons (Fsp3) is 0.0270. The predicted octanol–water partition coefficient (Wildman–Crippen LogP) is 20.9. The number of benzene rings is 12. The molecule has 1 atom stereocenters. The molecule has 2 heterocycles. The molecule has 0 N–H and O–H groups in total. The Morgan fingerprint density at radius 3 is 1.44 bits per heavy atom. The van der Waals surface area contributed by atoms with Crippen molar-refractivity contribution in [2.45, 2.75) is 12.3 Å². The van der Waals surface area contributed by atoms with Crippen LogP contribution in [0.1, 0.15) is 23.6 Å². The lowest BCUT2D eigenvalue weighted by Crippen LogP contribution is -2.29. The van der Waals surface area contributed by atoms with Crippen LogP contribution in [-0.4, -0.2) is 0 Å². The second kappa shape index (κ2) is 18.0. The number of hydrogen-bond acceptors (Lipinski definition) is 4. The molecule has 368 valence electrons. The summed E-state index contributed by atoms with van der Waals surface area (Å²) in [7, 11) is 0. The van der Waals surface area contributed by atoms with Gasteiger partial charge in [-0.25, -0.2) is 0 Å². The smallest absolute Gasteiger partial charge is 0.137 e. The van der Waals surface area contributed by atoms with E-state index in [4.69, 9.17) is 15.4 Å². The Morgan fingerprint density at radius 1 is 0.372 bits per heavy atom. The first-order valence-corrected chi connectivity index (χ1v) is 26.7. The molecule has 4 nitrogen and oxygen atoms in total. The summed E-state index contributed by atoms with van der Waals surface area (Å²) in [5.41, 5.74) is 15.7. The van der Waals surface area contributed by atoms with Gasteiger partial charge in [-0.1, -0.05) is 189 Å². The van der Waals surface area contributed by atoms with Gasteiger partial charge in [-0.3, -0.25) is 0 Å². The summed E-state index contributed by atoms with van der Waals surface area (Å²) in [5, 5.41) is 11.4. The third-order valence-corrected chi connectivity index (χ3v) is 16.1.